The lowest BCUT2D eigenvalue weighted by Gasteiger charge is -2.15. The molecule has 2 aromatic heterocycles. The number of hydrogen-bond donors (Lipinski definition) is 1. The van der Waals surface area contributed by atoms with Gasteiger partial charge in [-0.25, -0.2) is 0 Å². The predicted molar refractivity (Wildman–Crippen MR) is 111 cm³/mol. The second kappa shape index (κ2) is 8.74. The molecular weight excluding hydrogens is 390 g/mol. The number of thiocarbonyl (C=S) groups is 1. The van der Waals surface area contributed by atoms with Gasteiger partial charge in [0.25, 0.3) is 11.7 Å². The summed E-state index contributed by atoms with van der Waals surface area (Å²) in [5.74, 6) is 0.347. The molecule has 0 amide bonds. The number of ketones is 1. The molecule has 0 aliphatic heterocycles. The van der Waals surface area contributed by atoms with Crippen molar-refractivity contribution < 1.29 is 18.7 Å². The number of aryl methyl sites for hydroxylation is 2. The SMILES string of the molecule is Cc1ccc[n+]([C@@H](C(=O)c2ccc(C)c([N+](=O)[O-])c2)C(=S)NCc2ccco2)c1. The van der Waals surface area contributed by atoms with Crippen LogP contribution in [0.5, 0.6) is 0 Å². The van der Waals surface area contributed by atoms with Crippen molar-refractivity contribution in [2.24, 2.45) is 0 Å². The standard InChI is InChI=1S/C21H19N3O4S/c1-14-5-3-9-23(13-14)19(21(29)22-12-17-6-4-10-28-17)20(25)16-8-7-15(2)18(11-16)24(26)27/h3-11,13,19H,12H2,1-2H3/p+1/t19-/m0/s1. The van der Waals surface area contributed by atoms with E-state index >= 15 is 0 Å². The number of rotatable bonds is 7. The van der Waals surface area contributed by atoms with Crippen LogP contribution in [-0.4, -0.2) is 15.7 Å². The Balaban J connectivity index is 1.96. The Kier molecular flexibility index (Phi) is 6.13. The van der Waals surface area contributed by atoms with Crippen molar-refractivity contribution in [1.82, 2.24) is 5.32 Å². The molecular formula is C21H20N3O4S+. The largest absolute Gasteiger partial charge is 0.467 e. The van der Waals surface area contributed by atoms with Crippen molar-refractivity contribution in [3.8, 4) is 0 Å². The van der Waals surface area contributed by atoms with Gasteiger partial charge in [0.05, 0.1) is 17.7 Å². The lowest BCUT2D eigenvalue weighted by molar-refractivity contribution is -0.692. The van der Waals surface area contributed by atoms with Crippen LogP contribution in [-0.2, 0) is 6.54 Å². The summed E-state index contributed by atoms with van der Waals surface area (Å²) >= 11 is 5.53. The molecule has 2 heterocycles. The predicted octanol–water partition coefficient (Wildman–Crippen LogP) is 3.63. The van der Waals surface area contributed by atoms with Crippen LogP contribution in [0.2, 0.25) is 0 Å². The average Bonchev–Trinajstić information content (AvgIpc) is 3.20. The van der Waals surface area contributed by atoms with Crippen molar-refractivity contribution in [2.75, 3.05) is 0 Å². The number of benzene rings is 1. The molecule has 3 aromatic rings. The summed E-state index contributed by atoms with van der Waals surface area (Å²) in [4.78, 5) is 24.4. The van der Waals surface area contributed by atoms with E-state index in [2.05, 4.69) is 5.32 Å². The quantitative estimate of drug-likeness (QED) is 0.210. The number of nitro groups is 1. The molecule has 0 aliphatic carbocycles. The maximum atomic E-state index is 13.4. The van der Waals surface area contributed by atoms with Gasteiger partial charge in [-0.1, -0.05) is 24.4 Å². The van der Waals surface area contributed by atoms with E-state index in [1.54, 1.807) is 48.2 Å². The summed E-state index contributed by atoms with van der Waals surface area (Å²) in [5, 5.41) is 14.4. The summed E-state index contributed by atoms with van der Waals surface area (Å²) in [6.45, 7) is 3.87. The van der Waals surface area contributed by atoms with Gasteiger partial charge in [0, 0.05) is 28.8 Å². The molecule has 0 aliphatic rings. The van der Waals surface area contributed by atoms with Gasteiger partial charge in [0.2, 0.25) is 5.78 Å². The van der Waals surface area contributed by atoms with Gasteiger partial charge in [-0.3, -0.25) is 14.9 Å². The zero-order valence-corrected chi connectivity index (χ0v) is 16.8. The molecule has 8 heteroatoms. The number of pyridine rings is 1. The van der Waals surface area contributed by atoms with E-state index in [1.807, 2.05) is 25.3 Å². The molecule has 148 valence electrons. The highest BCUT2D eigenvalue weighted by Gasteiger charge is 2.34. The van der Waals surface area contributed by atoms with Crippen LogP contribution in [0.25, 0.3) is 0 Å². The minimum Gasteiger partial charge on any atom is -0.467 e. The Hall–Kier alpha value is -3.39. The van der Waals surface area contributed by atoms with Gasteiger partial charge in [0.15, 0.2) is 17.4 Å². The lowest BCUT2D eigenvalue weighted by Crippen LogP contribution is -2.51. The van der Waals surface area contributed by atoms with Gasteiger partial charge in [-0.05, 0) is 32.0 Å². The zero-order chi connectivity index (χ0) is 21.0. The third-order valence-corrected chi connectivity index (χ3v) is 4.84. The number of furan rings is 1. The molecule has 29 heavy (non-hydrogen) atoms. The van der Waals surface area contributed by atoms with Crippen LogP contribution in [0.3, 0.4) is 0 Å². The molecule has 0 radical (unpaired) electrons. The normalized spacial score (nSPS) is 11.7. The second-order valence-electron chi connectivity index (χ2n) is 6.65. The third-order valence-electron chi connectivity index (χ3n) is 4.47. The van der Waals surface area contributed by atoms with E-state index in [1.165, 1.54) is 6.07 Å². The Morgan fingerprint density at radius 2 is 2.07 bits per heavy atom. The number of carbonyl (C=O) groups is 1. The molecule has 1 atom stereocenters. The monoisotopic (exact) mass is 410 g/mol. The van der Waals surface area contributed by atoms with Crippen molar-refractivity contribution >= 4 is 28.7 Å². The smallest absolute Gasteiger partial charge is 0.273 e. The van der Waals surface area contributed by atoms with Crippen LogP contribution < -0.4 is 9.88 Å². The number of Topliss-reactive ketones (excluding diaryl/α,β-unsaturated/α-hetero) is 1. The molecule has 1 N–H and O–H groups in total. The van der Waals surface area contributed by atoms with Crippen LogP contribution in [0.15, 0.2) is 65.5 Å². The van der Waals surface area contributed by atoms with Gasteiger partial charge >= 0.3 is 0 Å². The molecule has 0 saturated carbocycles. The summed E-state index contributed by atoms with van der Waals surface area (Å²) < 4.78 is 7.01. The molecule has 0 unspecified atom stereocenters. The third kappa shape index (κ3) is 4.72. The number of aromatic nitrogens is 1. The van der Waals surface area contributed by atoms with Crippen LogP contribution in [0, 0.1) is 24.0 Å². The summed E-state index contributed by atoms with van der Waals surface area (Å²) in [6, 6.07) is 10.9. The van der Waals surface area contributed by atoms with Crippen molar-refractivity contribution in [2.45, 2.75) is 26.4 Å². The highest BCUT2D eigenvalue weighted by molar-refractivity contribution is 7.80. The first-order valence-electron chi connectivity index (χ1n) is 8.93. The Morgan fingerprint density at radius 3 is 2.72 bits per heavy atom. The fourth-order valence-corrected chi connectivity index (χ4v) is 3.27. The highest BCUT2D eigenvalue weighted by Crippen LogP contribution is 2.22. The first-order chi connectivity index (χ1) is 13.9. The van der Waals surface area contributed by atoms with E-state index in [4.69, 9.17) is 16.6 Å². The van der Waals surface area contributed by atoms with E-state index < -0.39 is 11.0 Å². The number of nitrogens with one attached hydrogen (secondary N) is 1. The van der Waals surface area contributed by atoms with Gasteiger partial charge in [-0.2, -0.15) is 4.57 Å². The Bertz CT molecular complexity index is 1060. The van der Waals surface area contributed by atoms with E-state index in [9.17, 15) is 14.9 Å². The van der Waals surface area contributed by atoms with Gasteiger partial charge < -0.3 is 9.73 Å². The minimum atomic E-state index is -0.845. The fraction of sp³-hybridized carbons (Fsp3) is 0.190. The van der Waals surface area contributed by atoms with Gasteiger partial charge in [-0.15, -0.1) is 0 Å². The summed E-state index contributed by atoms with van der Waals surface area (Å²) in [5.41, 5.74) is 1.57. The first-order valence-corrected chi connectivity index (χ1v) is 9.34. The minimum absolute atomic E-state index is 0.0988. The molecule has 0 bridgehead atoms. The summed E-state index contributed by atoms with van der Waals surface area (Å²) in [6.07, 6.45) is 5.12. The maximum Gasteiger partial charge on any atom is 0.273 e. The maximum absolute atomic E-state index is 13.4. The number of nitrogens with zero attached hydrogens (tertiary/aromatic N) is 2. The first kappa shape index (κ1) is 20.3. The highest BCUT2D eigenvalue weighted by atomic mass is 32.1. The van der Waals surface area contributed by atoms with E-state index in [-0.39, 0.29) is 17.0 Å². The molecule has 7 nitrogen and oxygen atoms in total. The Morgan fingerprint density at radius 1 is 1.28 bits per heavy atom. The number of carbonyl (C=O) groups excluding carboxylic acids is 1. The van der Waals surface area contributed by atoms with Crippen molar-refractivity contribution in [3.63, 3.8) is 0 Å². The van der Waals surface area contributed by atoms with Crippen LogP contribution in [0.4, 0.5) is 5.69 Å². The second-order valence-corrected chi connectivity index (χ2v) is 7.09. The number of hydrogen-bond acceptors (Lipinski definition) is 5. The summed E-state index contributed by atoms with van der Waals surface area (Å²) in [7, 11) is 0. The van der Waals surface area contributed by atoms with Crippen molar-refractivity contribution in [3.05, 3.63) is 93.7 Å². The fourth-order valence-electron chi connectivity index (χ4n) is 2.97. The number of nitro benzene ring substituents is 1. The molecule has 0 spiro atoms. The molecule has 3 rings (SSSR count). The zero-order valence-electron chi connectivity index (χ0n) is 16.0. The van der Waals surface area contributed by atoms with Crippen LogP contribution >= 0.6 is 12.2 Å². The molecule has 0 saturated heterocycles. The van der Waals surface area contributed by atoms with Gasteiger partial charge in [0.1, 0.15) is 5.76 Å². The molecule has 1 aromatic carbocycles. The topological polar surface area (TPSA) is 89.3 Å². The van der Waals surface area contributed by atoms with Crippen LogP contribution in [0.1, 0.15) is 33.3 Å². The lowest BCUT2D eigenvalue weighted by atomic mass is 10.0. The van der Waals surface area contributed by atoms with E-state index in [0.717, 1.165) is 5.56 Å². The van der Waals surface area contributed by atoms with Crippen molar-refractivity contribution in [1.29, 1.82) is 0 Å². The average molecular weight is 410 g/mol. The van der Waals surface area contributed by atoms with E-state index in [0.29, 0.717) is 22.9 Å². The molecule has 0 fully saturated rings. The Labute approximate surface area is 173 Å².